The fraction of sp³-hybridized carbons (Fsp3) is 0.917. The highest BCUT2D eigenvalue weighted by Gasteiger charge is 2.23. The number of carbonyl (C=O) groups is 1. The molecule has 16 heavy (non-hydrogen) atoms. The van der Waals surface area contributed by atoms with Gasteiger partial charge >= 0.3 is 0 Å². The molecule has 0 atom stereocenters. The van der Waals surface area contributed by atoms with E-state index in [-0.39, 0.29) is 0 Å². The molecule has 0 aromatic carbocycles. The zero-order chi connectivity index (χ0) is 11.4. The number of amides is 1. The fourth-order valence-corrected chi connectivity index (χ4v) is 2.53. The molecule has 2 rings (SSSR count). The molecule has 0 bridgehead atoms. The van der Waals surface area contributed by atoms with E-state index in [2.05, 4.69) is 16.7 Å². The van der Waals surface area contributed by atoms with E-state index in [1.165, 1.54) is 25.9 Å². The van der Waals surface area contributed by atoms with Crippen LogP contribution in [0.15, 0.2) is 0 Å². The molecule has 4 heteroatoms. The van der Waals surface area contributed by atoms with Gasteiger partial charge < -0.3 is 9.80 Å². The van der Waals surface area contributed by atoms with Crippen LogP contribution in [0.1, 0.15) is 19.8 Å². The average molecular weight is 225 g/mol. The Morgan fingerprint density at radius 3 is 2.38 bits per heavy atom. The van der Waals surface area contributed by atoms with E-state index in [0.717, 1.165) is 32.7 Å². The van der Waals surface area contributed by atoms with Crippen molar-refractivity contribution in [3.8, 4) is 0 Å². The van der Waals surface area contributed by atoms with Crippen molar-refractivity contribution in [2.45, 2.75) is 19.8 Å². The van der Waals surface area contributed by atoms with Gasteiger partial charge in [0.25, 0.3) is 0 Å². The first kappa shape index (κ1) is 11.9. The minimum absolute atomic E-state index is 0.312. The Hall–Kier alpha value is -0.610. The van der Waals surface area contributed by atoms with Gasteiger partial charge in [-0.05, 0) is 32.5 Å². The molecule has 0 spiro atoms. The predicted molar refractivity (Wildman–Crippen MR) is 64.4 cm³/mol. The second kappa shape index (κ2) is 5.64. The first-order valence-electron chi connectivity index (χ1n) is 6.52. The van der Waals surface area contributed by atoms with Crippen LogP contribution in [0, 0.1) is 0 Å². The number of likely N-dealkylation sites (N-methyl/N-ethyl adjacent to an activating group) is 1. The summed E-state index contributed by atoms with van der Waals surface area (Å²) in [7, 11) is 0. The van der Waals surface area contributed by atoms with Crippen molar-refractivity contribution in [1.82, 2.24) is 14.7 Å². The van der Waals surface area contributed by atoms with Crippen molar-refractivity contribution >= 4 is 5.91 Å². The van der Waals surface area contributed by atoms with E-state index >= 15 is 0 Å². The van der Waals surface area contributed by atoms with E-state index in [9.17, 15) is 4.79 Å². The average Bonchev–Trinajstić information content (AvgIpc) is 2.80. The molecular weight excluding hydrogens is 202 g/mol. The summed E-state index contributed by atoms with van der Waals surface area (Å²) in [5, 5.41) is 0. The molecule has 0 aromatic heterocycles. The lowest BCUT2D eigenvalue weighted by Gasteiger charge is -2.34. The Bertz CT molecular complexity index is 238. The number of likely N-dealkylation sites (tertiary alicyclic amines) is 1. The lowest BCUT2D eigenvalue weighted by molar-refractivity contribution is -0.136. The van der Waals surface area contributed by atoms with E-state index in [1.54, 1.807) is 0 Å². The van der Waals surface area contributed by atoms with E-state index in [1.807, 2.05) is 4.90 Å². The summed E-state index contributed by atoms with van der Waals surface area (Å²) in [5.41, 5.74) is 0. The van der Waals surface area contributed by atoms with Crippen LogP contribution in [0.5, 0.6) is 0 Å². The Labute approximate surface area is 98.2 Å². The zero-order valence-electron chi connectivity index (χ0n) is 10.3. The molecule has 0 N–H and O–H groups in total. The Morgan fingerprint density at radius 2 is 1.75 bits per heavy atom. The van der Waals surface area contributed by atoms with E-state index in [0.29, 0.717) is 12.5 Å². The van der Waals surface area contributed by atoms with Crippen LogP contribution in [0.3, 0.4) is 0 Å². The topological polar surface area (TPSA) is 26.8 Å². The van der Waals surface area contributed by atoms with Crippen molar-refractivity contribution in [2.24, 2.45) is 0 Å². The van der Waals surface area contributed by atoms with Crippen LogP contribution in [0.4, 0.5) is 0 Å². The SMILES string of the molecule is CCN1CCN(CCN2CCCC2)C(=O)C1. The minimum atomic E-state index is 0.312. The third-order valence-corrected chi connectivity index (χ3v) is 3.73. The van der Waals surface area contributed by atoms with E-state index < -0.39 is 0 Å². The largest absolute Gasteiger partial charge is 0.339 e. The van der Waals surface area contributed by atoms with Crippen LogP contribution in [-0.2, 0) is 4.79 Å². The molecule has 2 heterocycles. The predicted octanol–water partition coefficient (Wildman–Crippen LogP) is 0.246. The molecular formula is C12H23N3O. The molecule has 2 saturated heterocycles. The number of hydrogen-bond acceptors (Lipinski definition) is 3. The molecule has 0 unspecified atom stereocenters. The molecule has 2 aliphatic rings. The molecule has 0 aromatic rings. The molecule has 0 radical (unpaired) electrons. The van der Waals surface area contributed by atoms with Gasteiger partial charge in [-0.2, -0.15) is 0 Å². The monoisotopic (exact) mass is 225 g/mol. The molecule has 92 valence electrons. The van der Waals surface area contributed by atoms with Gasteiger partial charge in [0, 0.05) is 26.2 Å². The van der Waals surface area contributed by atoms with Crippen molar-refractivity contribution < 1.29 is 4.79 Å². The van der Waals surface area contributed by atoms with Gasteiger partial charge in [0.2, 0.25) is 5.91 Å². The summed E-state index contributed by atoms with van der Waals surface area (Å²) >= 11 is 0. The van der Waals surface area contributed by atoms with Crippen molar-refractivity contribution in [1.29, 1.82) is 0 Å². The van der Waals surface area contributed by atoms with Crippen LogP contribution in [0.25, 0.3) is 0 Å². The molecule has 2 aliphatic heterocycles. The van der Waals surface area contributed by atoms with Gasteiger partial charge in [-0.3, -0.25) is 9.69 Å². The van der Waals surface area contributed by atoms with Crippen LogP contribution >= 0.6 is 0 Å². The normalized spacial score (nSPS) is 24.3. The van der Waals surface area contributed by atoms with Gasteiger partial charge in [-0.25, -0.2) is 0 Å². The number of piperazine rings is 1. The molecule has 4 nitrogen and oxygen atoms in total. The Kier molecular flexibility index (Phi) is 4.18. The Balaban J connectivity index is 1.71. The molecule has 0 aliphatic carbocycles. The second-order valence-corrected chi connectivity index (χ2v) is 4.80. The summed E-state index contributed by atoms with van der Waals surface area (Å²) in [4.78, 5) is 18.6. The van der Waals surface area contributed by atoms with Crippen molar-refractivity contribution in [3.05, 3.63) is 0 Å². The highest BCUT2D eigenvalue weighted by Crippen LogP contribution is 2.08. The fourth-order valence-electron chi connectivity index (χ4n) is 2.53. The quantitative estimate of drug-likeness (QED) is 0.686. The smallest absolute Gasteiger partial charge is 0.236 e. The third kappa shape index (κ3) is 2.95. The molecule has 0 saturated carbocycles. The van der Waals surface area contributed by atoms with Gasteiger partial charge in [-0.15, -0.1) is 0 Å². The summed E-state index contributed by atoms with van der Waals surface area (Å²) < 4.78 is 0. The number of nitrogens with zero attached hydrogens (tertiary/aromatic N) is 3. The Morgan fingerprint density at radius 1 is 1.00 bits per heavy atom. The first-order valence-corrected chi connectivity index (χ1v) is 6.52. The number of rotatable bonds is 4. The van der Waals surface area contributed by atoms with Crippen molar-refractivity contribution in [3.63, 3.8) is 0 Å². The summed E-state index contributed by atoms with van der Waals surface area (Å²) in [6.07, 6.45) is 2.66. The third-order valence-electron chi connectivity index (χ3n) is 3.73. The van der Waals surface area contributed by atoms with Gasteiger partial charge in [-0.1, -0.05) is 6.92 Å². The lowest BCUT2D eigenvalue weighted by atomic mass is 10.3. The van der Waals surface area contributed by atoms with Crippen LogP contribution in [-0.4, -0.2) is 73.0 Å². The van der Waals surface area contributed by atoms with Crippen molar-refractivity contribution in [2.75, 3.05) is 52.4 Å². The number of hydrogen-bond donors (Lipinski definition) is 0. The highest BCUT2D eigenvalue weighted by molar-refractivity contribution is 5.79. The van der Waals surface area contributed by atoms with E-state index in [4.69, 9.17) is 0 Å². The van der Waals surface area contributed by atoms with Gasteiger partial charge in [0.15, 0.2) is 0 Å². The maximum Gasteiger partial charge on any atom is 0.236 e. The maximum atomic E-state index is 11.8. The van der Waals surface area contributed by atoms with Gasteiger partial charge in [0.1, 0.15) is 0 Å². The van der Waals surface area contributed by atoms with Crippen LogP contribution < -0.4 is 0 Å². The van der Waals surface area contributed by atoms with Gasteiger partial charge in [0.05, 0.1) is 6.54 Å². The maximum absolute atomic E-state index is 11.8. The zero-order valence-corrected chi connectivity index (χ0v) is 10.3. The minimum Gasteiger partial charge on any atom is -0.339 e. The number of carbonyl (C=O) groups excluding carboxylic acids is 1. The summed E-state index contributed by atoms with van der Waals surface area (Å²) in [6.45, 7) is 10.1. The summed E-state index contributed by atoms with van der Waals surface area (Å²) in [6, 6.07) is 0. The standard InChI is InChI=1S/C12H23N3O/c1-2-13-7-9-15(12(16)11-13)10-8-14-5-3-4-6-14/h2-11H2,1H3. The molecule has 1 amide bonds. The lowest BCUT2D eigenvalue weighted by Crippen LogP contribution is -2.51. The highest BCUT2D eigenvalue weighted by atomic mass is 16.2. The molecule has 2 fully saturated rings. The second-order valence-electron chi connectivity index (χ2n) is 4.80. The van der Waals surface area contributed by atoms with Crippen LogP contribution in [0.2, 0.25) is 0 Å². The summed E-state index contributed by atoms with van der Waals surface area (Å²) in [5.74, 6) is 0.312. The first-order chi connectivity index (χ1) is 7.79.